The molecule has 0 saturated heterocycles. The lowest BCUT2D eigenvalue weighted by molar-refractivity contribution is -0.111. The number of nitrogens with one attached hydrogen (secondary N) is 2. The first-order valence-corrected chi connectivity index (χ1v) is 9.12. The summed E-state index contributed by atoms with van der Waals surface area (Å²) in [6.07, 6.45) is 5.04. The molecular weight excluding hydrogens is 380 g/mol. The zero-order valence-electron chi connectivity index (χ0n) is 15.2. The van der Waals surface area contributed by atoms with E-state index in [9.17, 15) is 14.4 Å². The summed E-state index contributed by atoms with van der Waals surface area (Å²) in [5, 5.41) is 5.86. The number of rotatable bonds is 6. The van der Waals surface area contributed by atoms with Crippen molar-refractivity contribution in [1.29, 1.82) is 0 Å². The minimum Gasteiger partial charge on any atom is -0.465 e. The molecule has 1 aliphatic carbocycles. The molecule has 7 heteroatoms. The van der Waals surface area contributed by atoms with Crippen LogP contribution in [0, 0.1) is 0 Å². The van der Waals surface area contributed by atoms with Crippen LogP contribution < -0.4 is 10.6 Å². The minimum absolute atomic E-state index is 0.0871. The number of carbonyl (C=O) groups is 3. The summed E-state index contributed by atoms with van der Waals surface area (Å²) in [6, 6.07) is 11.7. The molecule has 1 aliphatic rings. The molecule has 1 saturated carbocycles. The van der Waals surface area contributed by atoms with Gasteiger partial charge in [-0.1, -0.05) is 23.7 Å². The fourth-order valence-electron chi connectivity index (χ4n) is 2.45. The van der Waals surface area contributed by atoms with Crippen LogP contribution in [0.2, 0.25) is 5.02 Å². The highest BCUT2D eigenvalue weighted by molar-refractivity contribution is 6.34. The summed E-state index contributed by atoms with van der Waals surface area (Å²) in [7, 11) is 1.28. The zero-order chi connectivity index (χ0) is 20.1. The minimum atomic E-state index is -0.520. The summed E-state index contributed by atoms with van der Waals surface area (Å²) in [5.41, 5.74) is 1.95. The molecule has 0 unspecified atom stereocenters. The fraction of sp³-hybridized carbons (Fsp3) is 0.190. The second kappa shape index (κ2) is 8.71. The monoisotopic (exact) mass is 398 g/mol. The smallest absolute Gasteiger partial charge is 0.337 e. The molecule has 2 aromatic rings. The third-order valence-corrected chi connectivity index (χ3v) is 4.49. The molecule has 0 radical (unpaired) electrons. The Labute approximate surface area is 167 Å². The maximum atomic E-state index is 12.2. The van der Waals surface area contributed by atoms with Gasteiger partial charge in [0.05, 0.1) is 23.4 Å². The maximum Gasteiger partial charge on any atom is 0.337 e. The van der Waals surface area contributed by atoms with Gasteiger partial charge in [-0.25, -0.2) is 4.79 Å². The van der Waals surface area contributed by atoms with Crippen LogP contribution in [0.15, 0.2) is 48.5 Å². The summed E-state index contributed by atoms with van der Waals surface area (Å²) in [5.74, 6) is -1.01. The topological polar surface area (TPSA) is 84.5 Å². The number of methoxy groups -OCH3 is 1. The van der Waals surface area contributed by atoms with Crippen molar-refractivity contribution in [2.45, 2.75) is 18.9 Å². The van der Waals surface area contributed by atoms with Gasteiger partial charge >= 0.3 is 5.97 Å². The lowest BCUT2D eigenvalue weighted by Gasteiger charge is -2.07. The number of amides is 2. The van der Waals surface area contributed by atoms with Gasteiger partial charge in [-0.3, -0.25) is 9.59 Å². The Morgan fingerprint density at radius 3 is 2.39 bits per heavy atom. The molecule has 2 N–H and O–H groups in total. The molecule has 2 aromatic carbocycles. The summed E-state index contributed by atoms with van der Waals surface area (Å²) >= 11 is 6.06. The van der Waals surface area contributed by atoms with Crippen molar-refractivity contribution in [1.82, 2.24) is 5.32 Å². The molecule has 2 amide bonds. The van der Waals surface area contributed by atoms with E-state index in [-0.39, 0.29) is 11.5 Å². The summed E-state index contributed by atoms with van der Waals surface area (Å²) in [4.78, 5) is 35.7. The Balaban J connectivity index is 1.62. The summed E-state index contributed by atoms with van der Waals surface area (Å²) in [6.45, 7) is 0. The molecule has 1 fully saturated rings. The van der Waals surface area contributed by atoms with Gasteiger partial charge in [-0.05, 0) is 54.8 Å². The Kier molecular flexibility index (Phi) is 6.11. The Morgan fingerprint density at radius 2 is 1.75 bits per heavy atom. The molecule has 0 aromatic heterocycles. The molecule has 0 heterocycles. The largest absolute Gasteiger partial charge is 0.465 e. The highest BCUT2D eigenvalue weighted by Gasteiger charge is 2.23. The van der Waals surface area contributed by atoms with Gasteiger partial charge in [0.25, 0.3) is 5.91 Å². The van der Waals surface area contributed by atoms with Crippen molar-refractivity contribution in [2.24, 2.45) is 0 Å². The van der Waals surface area contributed by atoms with Crippen molar-refractivity contribution in [3.8, 4) is 0 Å². The Morgan fingerprint density at radius 1 is 1.07 bits per heavy atom. The number of hydrogen-bond acceptors (Lipinski definition) is 4. The highest BCUT2D eigenvalue weighted by Crippen LogP contribution is 2.23. The molecule has 3 rings (SSSR count). The van der Waals surface area contributed by atoms with E-state index in [0.29, 0.717) is 22.3 Å². The van der Waals surface area contributed by atoms with Crippen LogP contribution in [0.25, 0.3) is 6.08 Å². The van der Waals surface area contributed by atoms with Crippen LogP contribution in [0.3, 0.4) is 0 Å². The number of benzene rings is 2. The van der Waals surface area contributed by atoms with Crippen LogP contribution in [-0.2, 0) is 9.53 Å². The van der Waals surface area contributed by atoms with Gasteiger partial charge in [-0.15, -0.1) is 0 Å². The fourth-order valence-corrected chi connectivity index (χ4v) is 2.62. The first-order chi connectivity index (χ1) is 13.5. The van der Waals surface area contributed by atoms with Gasteiger partial charge in [0.1, 0.15) is 0 Å². The maximum absolute atomic E-state index is 12.2. The molecule has 6 nitrogen and oxygen atoms in total. The van der Waals surface area contributed by atoms with Crippen molar-refractivity contribution >= 4 is 41.1 Å². The van der Waals surface area contributed by atoms with Crippen LogP contribution in [0.1, 0.15) is 39.1 Å². The molecule has 28 heavy (non-hydrogen) atoms. The van der Waals surface area contributed by atoms with Gasteiger partial charge in [0.2, 0.25) is 5.91 Å². The third-order valence-electron chi connectivity index (χ3n) is 4.16. The Bertz CT molecular complexity index is 934. The van der Waals surface area contributed by atoms with E-state index >= 15 is 0 Å². The van der Waals surface area contributed by atoms with Crippen molar-refractivity contribution < 1.29 is 19.1 Å². The molecular formula is C21H19ClN2O4. The SMILES string of the molecule is COC(=O)c1ccc(Cl)c(NC(=O)/C=C/c2ccc(C(=O)NC3CC3)cc2)c1. The number of esters is 1. The van der Waals surface area contributed by atoms with Gasteiger partial charge in [0.15, 0.2) is 0 Å². The number of carbonyl (C=O) groups excluding carboxylic acids is 3. The van der Waals surface area contributed by atoms with Crippen molar-refractivity contribution in [3.05, 3.63) is 70.3 Å². The predicted molar refractivity (Wildman–Crippen MR) is 107 cm³/mol. The predicted octanol–water partition coefficient (Wildman–Crippen LogP) is 3.67. The van der Waals surface area contributed by atoms with Crippen LogP contribution in [0.5, 0.6) is 0 Å². The second-order valence-electron chi connectivity index (χ2n) is 6.38. The lowest BCUT2D eigenvalue weighted by Crippen LogP contribution is -2.25. The number of ether oxygens (including phenoxy) is 1. The van der Waals surface area contributed by atoms with E-state index < -0.39 is 11.9 Å². The van der Waals surface area contributed by atoms with Crippen molar-refractivity contribution in [3.63, 3.8) is 0 Å². The summed E-state index contributed by atoms with van der Waals surface area (Å²) < 4.78 is 4.66. The molecule has 0 spiro atoms. The van der Waals surface area contributed by atoms with Crippen LogP contribution in [0.4, 0.5) is 5.69 Å². The van der Waals surface area contributed by atoms with E-state index in [1.807, 2.05) is 0 Å². The first-order valence-electron chi connectivity index (χ1n) is 8.74. The standard InChI is InChI=1S/C21H19ClN2O4/c1-28-21(27)15-7-10-17(22)18(12-15)24-19(25)11-4-13-2-5-14(6-3-13)20(26)23-16-8-9-16/h2-7,10-12,16H,8-9H2,1H3,(H,23,26)(H,24,25)/b11-4+. The van der Waals surface area contributed by atoms with Gasteiger partial charge in [-0.2, -0.15) is 0 Å². The number of halogens is 1. The number of anilines is 1. The van der Waals surface area contributed by atoms with Crippen molar-refractivity contribution in [2.75, 3.05) is 12.4 Å². The van der Waals surface area contributed by atoms with E-state index in [1.165, 1.54) is 31.4 Å². The second-order valence-corrected chi connectivity index (χ2v) is 6.79. The highest BCUT2D eigenvalue weighted by atomic mass is 35.5. The van der Waals surface area contributed by atoms with Gasteiger partial charge < -0.3 is 15.4 Å². The average molecular weight is 399 g/mol. The van der Waals surface area contributed by atoms with E-state index in [4.69, 9.17) is 11.6 Å². The molecule has 0 bridgehead atoms. The zero-order valence-corrected chi connectivity index (χ0v) is 16.0. The molecule has 0 atom stereocenters. The van der Waals surface area contributed by atoms with E-state index in [1.54, 1.807) is 30.3 Å². The number of hydrogen-bond donors (Lipinski definition) is 2. The van der Waals surface area contributed by atoms with Crippen LogP contribution >= 0.6 is 11.6 Å². The molecule has 0 aliphatic heterocycles. The van der Waals surface area contributed by atoms with Gasteiger partial charge in [0, 0.05) is 17.7 Å². The first kappa shape index (κ1) is 19.6. The normalized spacial score (nSPS) is 13.2. The molecule has 144 valence electrons. The van der Waals surface area contributed by atoms with E-state index in [0.717, 1.165) is 18.4 Å². The Hall–Kier alpha value is -3.12. The third kappa shape index (κ3) is 5.20. The quantitative estimate of drug-likeness (QED) is 0.574. The average Bonchev–Trinajstić information content (AvgIpc) is 3.51. The van der Waals surface area contributed by atoms with Crippen LogP contribution in [-0.4, -0.2) is 30.9 Å². The lowest BCUT2D eigenvalue weighted by atomic mass is 10.1. The van der Waals surface area contributed by atoms with E-state index in [2.05, 4.69) is 15.4 Å².